The third-order valence-corrected chi connectivity index (χ3v) is 4.00. The van der Waals surface area contributed by atoms with Crippen LogP contribution in [0, 0.1) is 0 Å². The number of ether oxygens (including phenoxy) is 4. The predicted octanol–water partition coefficient (Wildman–Crippen LogP) is 4.77. The highest BCUT2D eigenvalue weighted by atomic mass is 16.7. The molecule has 0 aromatic heterocycles. The van der Waals surface area contributed by atoms with Crippen LogP contribution in [0.5, 0.6) is 17.2 Å². The van der Waals surface area contributed by atoms with E-state index in [1.165, 1.54) is 19.9 Å². The first-order chi connectivity index (χ1) is 15.1. The van der Waals surface area contributed by atoms with Gasteiger partial charge >= 0.3 is 17.9 Å². The molecule has 32 heavy (non-hydrogen) atoms. The molecular formula is C25H24O7. The quantitative estimate of drug-likeness (QED) is 0.242. The maximum absolute atomic E-state index is 12.0. The number of hydrogen-bond donors (Lipinski definition) is 0. The molecule has 0 spiro atoms. The van der Waals surface area contributed by atoms with E-state index in [4.69, 9.17) is 18.9 Å². The van der Waals surface area contributed by atoms with Crippen LogP contribution in [-0.4, -0.2) is 24.7 Å². The van der Waals surface area contributed by atoms with Crippen LogP contribution in [0.2, 0.25) is 0 Å². The van der Waals surface area contributed by atoms with Crippen molar-refractivity contribution in [2.75, 3.05) is 6.79 Å². The van der Waals surface area contributed by atoms with E-state index in [2.05, 4.69) is 19.7 Å². The number of carbonyl (C=O) groups is 3. The van der Waals surface area contributed by atoms with E-state index in [-0.39, 0.29) is 35.0 Å². The molecule has 0 aliphatic rings. The summed E-state index contributed by atoms with van der Waals surface area (Å²) >= 11 is 0. The normalized spacial score (nSPS) is 9.97. The highest BCUT2D eigenvalue weighted by Crippen LogP contribution is 2.34. The van der Waals surface area contributed by atoms with Gasteiger partial charge in [-0.15, -0.1) is 0 Å². The third kappa shape index (κ3) is 6.70. The van der Waals surface area contributed by atoms with Crippen LogP contribution in [0.1, 0.15) is 20.8 Å². The zero-order valence-electron chi connectivity index (χ0n) is 18.2. The molecule has 0 bridgehead atoms. The summed E-state index contributed by atoms with van der Waals surface area (Å²) in [4.78, 5) is 35.3. The summed E-state index contributed by atoms with van der Waals surface area (Å²) in [6, 6.07) is 11.7. The fourth-order valence-electron chi connectivity index (χ4n) is 2.24. The summed E-state index contributed by atoms with van der Waals surface area (Å²) in [7, 11) is 0. The van der Waals surface area contributed by atoms with Crippen molar-refractivity contribution in [3.05, 3.63) is 78.9 Å². The highest BCUT2D eigenvalue weighted by Gasteiger charge is 2.16. The second kappa shape index (κ2) is 10.8. The molecule has 0 amide bonds. The Kier molecular flexibility index (Phi) is 8.12. The molecule has 0 aliphatic carbocycles. The molecule has 166 valence electrons. The minimum Gasteiger partial charge on any atom is -0.457 e. The Hall–Kier alpha value is -4.13. The number of benzene rings is 2. The predicted molar refractivity (Wildman–Crippen MR) is 119 cm³/mol. The van der Waals surface area contributed by atoms with E-state index in [0.29, 0.717) is 11.3 Å². The molecule has 7 heteroatoms. The van der Waals surface area contributed by atoms with Crippen LogP contribution >= 0.6 is 0 Å². The van der Waals surface area contributed by atoms with E-state index in [0.717, 1.165) is 5.56 Å². The first kappa shape index (κ1) is 24.1. The van der Waals surface area contributed by atoms with E-state index < -0.39 is 17.9 Å². The maximum Gasteiger partial charge on any atom is 0.338 e. The topological polar surface area (TPSA) is 88.1 Å². The van der Waals surface area contributed by atoms with Gasteiger partial charge < -0.3 is 18.9 Å². The minimum atomic E-state index is -0.650. The number of hydrogen-bond acceptors (Lipinski definition) is 7. The monoisotopic (exact) mass is 436 g/mol. The lowest BCUT2D eigenvalue weighted by atomic mass is 10.0. The Balaban J connectivity index is 2.22. The van der Waals surface area contributed by atoms with Gasteiger partial charge in [-0.05, 0) is 56.2 Å². The Labute approximate surface area is 186 Å². The first-order valence-corrected chi connectivity index (χ1v) is 9.53. The van der Waals surface area contributed by atoms with Gasteiger partial charge in [0.1, 0.15) is 5.75 Å². The van der Waals surface area contributed by atoms with Crippen molar-refractivity contribution < 1.29 is 33.3 Å². The van der Waals surface area contributed by atoms with Crippen LogP contribution in [0.15, 0.2) is 78.9 Å². The van der Waals surface area contributed by atoms with Gasteiger partial charge in [-0.3, -0.25) is 0 Å². The van der Waals surface area contributed by atoms with Gasteiger partial charge in [0.15, 0.2) is 11.5 Å². The summed E-state index contributed by atoms with van der Waals surface area (Å²) in [5.41, 5.74) is 2.16. The van der Waals surface area contributed by atoms with Crippen molar-refractivity contribution in [3.63, 3.8) is 0 Å². The minimum absolute atomic E-state index is 0.0668. The Bertz CT molecular complexity index is 1080. The molecule has 0 fully saturated rings. The summed E-state index contributed by atoms with van der Waals surface area (Å²) in [5, 5.41) is 0. The largest absolute Gasteiger partial charge is 0.457 e. The van der Waals surface area contributed by atoms with Crippen LogP contribution in [0.4, 0.5) is 0 Å². The molecule has 0 saturated carbocycles. The van der Waals surface area contributed by atoms with Gasteiger partial charge in [0.25, 0.3) is 0 Å². The summed E-state index contributed by atoms with van der Waals surface area (Å²) in [6.07, 6.45) is 0. The van der Waals surface area contributed by atoms with Crippen LogP contribution in [0.3, 0.4) is 0 Å². The average molecular weight is 436 g/mol. The molecule has 2 aromatic rings. The standard InChI is InChI=1S/C25H24O7/c1-15(2)23(26)30-14-29-20-10-7-18(8-11-20)19-9-12-21(31-24(27)16(3)4)22(13-19)32-25(28)17(5)6/h7-13H,1,3,5,14H2,2,4,6H3. The molecule has 2 rings (SSSR count). The Morgan fingerprint density at radius 2 is 1.19 bits per heavy atom. The Morgan fingerprint density at radius 1 is 0.688 bits per heavy atom. The van der Waals surface area contributed by atoms with Crippen LogP contribution < -0.4 is 14.2 Å². The molecule has 0 radical (unpaired) electrons. The SMILES string of the molecule is C=C(C)C(=O)OCOc1ccc(-c2ccc(OC(=O)C(=C)C)c(OC(=O)C(=C)C)c2)cc1. The fraction of sp³-hybridized carbons (Fsp3) is 0.160. The maximum atomic E-state index is 12.0. The zero-order valence-corrected chi connectivity index (χ0v) is 18.2. The molecular weight excluding hydrogens is 412 g/mol. The molecule has 0 heterocycles. The third-order valence-electron chi connectivity index (χ3n) is 4.00. The molecule has 0 aliphatic heterocycles. The van der Waals surface area contributed by atoms with Crippen molar-refractivity contribution in [2.24, 2.45) is 0 Å². The van der Waals surface area contributed by atoms with Gasteiger partial charge in [-0.25, -0.2) is 14.4 Å². The molecule has 2 aromatic carbocycles. The van der Waals surface area contributed by atoms with Gasteiger partial charge in [0, 0.05) is 16.7 Å². The molecule has 0 saturated heterocycles. The van der Waals surface area contributed by atoms with E-state index in [1.54, 1.807) is 43.3 Å². The first-order valence-electron chi connectivity index (χ1n) is 9.53. The van der Waals surface area contributed by atoms with Crippen molar-refractivity contribution in [1.29, 1.82) is 0 Å². The molecule has 0 unspecified atom stereocenters. The van der Waals surface area contributed by atoms with Crippen molar-refractivity contribution in [2.45, 2.75) is 20.8 Å². The van der Waals surface area contributed by atoms with E-state index in [9.17, 15) is 14.4 Å². The summed E-state index contributed by atoms with van der Waals surface area (Å²) in [6.45, 7) is 14.9. The average Bonchev–Trinajstić information content (AvgIpc) is 2.75. The van der Waals surface area contributed by atoms with Crippen molar-refractivity contribution in [1.82, 2.24) is 0 Å². The lowest BCUT2D eigenvalue weighted by Crippen LogP contribution is -2.12. The van der Waals surface area contributed by atoms with Crippen LogP contribution in [0.25, 0.3) is 11.1 Å². The van der Waals surface area contributed by atoms with Gasteiger partial charge in [-0.1, -0.05) is 37.9 Å². The summed E-state index contributed by atoms with van der Waals surface area (Å²) in [5.74, 6) is -1.19. The smallest absolute Gasteiger partial charge is 0.338 e. The lowest BCUT2D eigenvalue weighted by Gasteiger charge is -2.13. The molecule has 7 nitrogen and oxygen atoms in total. The number of esters is 3. The molecule has 0 N–H and O–H groups in total. The highest BCUT2D eigenvalue weighted by molar-refractivity contribution is 5.91. The second-order valence-corrected chi connectivity index (χ2v) is 7.00. The van der Waals surface area contributed by atoms with Crippen LogP contribution in [-0.2, 0) is 19.1 Å². The van der Waals surface area contributed by atoms with Crippen molar-refractivity contribution in [3.8, 4) is 28.4 Å². The Morgan fingerprint density at radius 3 is 1.72 bits per heavy atom. The van der Waals surface area contributed by atoms with E-state index in [1.807, 2.05) is 0 Å². The van der Waals surface area contributed by atoms with Crippen molar-refractivity contribution >= 4 is 17.9 Å². The number of rotatable bonds is 9. The summed E-state index contributed by atoms with van der Waals surface area (Å²) < 4.78 is 20.9. The number of carbonyl (C=O) groups excluding carboxylic acids is 3. The second-order valence-electron chi connectivity index (χ2n) is 7.00. The van der Waals surface area contributed by atoms with Gasteiger partial charge in [0.2, 0.25) is 6.79 Å². The lowest BCUT2D eigenvalue weighted by molar-refractivity contribution is -0.145. The van der Waals surface area contributed by atoms with Gasteiger partial charge in [0.05, 0.1) is 0 Å². The zero-order chi connectivity index (χ0) is 23.8. The molecule has 0 atom stereocenters. The van der Waals surface area contributed by atoms with Gasteiger partial charge in [-0.2, -0.15) is 0 Å². The fourth-order valence-corrected chi connectivity index (χ4v) is 2.24. The van der Waals surface area contributed by atoms with E-state index >= 15 is 0 Å².